The molecule has 4 nitrogen and oxygen atoms in total. The smallest absolute Gasteiger partial charge is 0.256 e. The lowest BCUT2D eigenvalue weighted by Gasteiger charge is -2.32. The Hall–Kier alpha value is -1.29. The summed E-state index contributed by atoms with van der Waals surface area (Å²) in [6.07, 6.45) is 3.97. The molecule has 1 rings (SSSR count). The van der Waals surface area contributed by atoms with Gasteiger partial charge in [-0.2, -0.15) is 0 Å². The summed E-state index contributed by atoms with van der Waals surface area (Å²) in [6.45, 7) is 8.30. The number of furan rings is 1. The molecule has 0 saturated carbocycles. The van der Waals surface area contributed by atoms with Gasteiger partial charge in [-0.15, -0.1) is 0 Å². The number of rotatable bonds is 5. The van der Waals surface area contributed by atoms with Crippen molar-refractivity contribution in [3.63, 3.8) is 0 Å². The second-order valence-corrected chi connectivity index (χ2v) is 5.68. The van der Waals surface area contributed by atoms with E-state index in [9.17, 15) is 4.79 Å². The molecule has 0 spiro atoms. The van der Waals surface area contributed by atoms with Crippen LogP contribution in [0.15, 0.2) is 23.0 Å². The van der Waals surface area contributed by atoms with Crippen molar-refractivity contribution in [2.75, 3.05) is 27.2 Å². The third-order valence-corrected chi connectivity index (χ3v) is 3.25. The lowest BCUT2D eigenvalue weighted by molar-refractivity contribution is 0.0782. The highest BCUT2D eigenvalue weighted by Crippen LogP contribution is 2.11. The summed E-state index contributed by atoms with van der Waals surface area (Å²) in [7, 11) is 3.93. The lowest BCUT2D eigenvalue weighted by Crippen LogP contribution is -2.40. The predicted octanol–water partition coefficient (Wildman–Crippen LogP) is 2.47. The molecular weight excluding hydrogens is 228 g/mol. The molecule has 1 amide bonds. The molecule has 1 heterocycles. The summed E-state index contributed by atoms with van der Waals surface area (Å²) in [5.41, 5.74) is 0.786. The minimum absolute atomic E-state index is 0.0159. The van der Waals surface area contributed by atoms with E-state index in [-0.39, 0.29) is 11.4 Å². The maximum Gasteiger partial charge on any atom is 0.256 e. The van der Waals surface area contributed by atoms with Crippen LogP contribution in [0.4, 0.5) is 0 Å². The molecule has 4 heteroatoms. The Balaban J connectivity index is 2.34. The predicted molar refractivity (Wildman–Crippen MR) is 72.7 cm³/mol. The first-order valence-corrected chi connectivity index (χ1v) is 6.31. The van der Waals surface area contributed by atoms with E-state index in [4.69, 9.17) is 4.42 Å². The highest BCUT2D eigenvalue weighted by Gasteiger charge is 2.17. The van der Waals surface area contributed by atoms with Crippen molar-refractivity contribution in [1.29, 1.82) is 0 Å². The Labute approximate surface area is 110 Å². The van der Waals surface area contributed by atoms with Crippen LogP contribution >= 0.6 is 0 Å². The molecule has 0 unspecified atom stereocenters. The Morgan fingerprint density at radius 2 is 1.94 bits per heavy atom. The van der Waals surface area contributed by atoms with Gasteiger partial charge in [-0.25, -0.2) is 0 Å². The van der Waals surface area contributed by atoms with Crippen molar-refractivity contribution >= 4 is 5.91 Å². The molecule has 0 atom stereocenters. The van der Waals surface area contributed by atoms with Gasteiger partial charge in [0.05, 0.1) is 11.8 Å². The van der Waals surface area contributed by atoms with Gasteiger partial charge in [-0.1, -0.05) is 0 Å². The SMILES string of the molecule is CN(CCCN(C)C(C)(C)C)C(=O)c1ccoc1. The van der Waals surface area contributed by atoms with E-state index in [2.05, 4.69) is 32.7 Å². The fourth-order valence-electron chi connectivity index (χ4n) is 1.59. The van der Waals surface area contributed by atoms with Gasteiger partial charge in [-0.3, -0.25) is 4.79 Å². The van der Waals surface area contributed by atoms with Crippen molar-refractivity contribution < 1.29 is 9.21 Å². The molecule has 102 valence electrons. The third kappa shape index (κ3) is 4.18. The number of hydrogen-bond donors (Lipinski definition) is 0. The van der Waals surface area contributed by atoms with Crippen LogP contribution in [-0.4, -0.2) is 48.4 Å². The van der Waals surface area contributed by atoms with Gasteiger partial charge in [0.25, 0.3) is 5.91 Å². The molecule has 0 aliphatic rings. The van der Waals surface area contributed by atoms with Crippen LogP contribution in [0.5, 0.6) is 0 Å². The normalized spacial score (nSPS) is 11.9. The van der Waals surface area contributed by atoms with E-state index in [0.29, 0.717) is 5.56 Å². The first-order chi connectivity index (χ1) is 8.32. The topological polar surface area (TPSA) is 36.7 Å². The zero-order valence-corrected chi connectivity index (χ0v) is 12.1. The van der Waals surface area contributed by atoms with E-state index < -0.39 is 0 Å². The van der Waals surface area contributed by atoms with Crippen molar-refractivity contribution in [3.05, 3.63) is 24.2 Å². The summed E-state index contributed by atoms with van der Waals surface area (Å²) < 4.78 is 4.92. The summed E-state index contributed by atoms with van der Waals surface area (Å²) in [5, 5.41) is 0. The Kier molecular flexibility index (Phi) is 4.96. The van der Waals surface area contributed by atoms with Crippen LogP contribution in [0.1, 0.15) is 37.6 Å². The molecule has 0 bridgehead atoms. The second-order valence-electron chi connectivity index (χ2n) is 5.68. The number of carbonyl (C=O) groups is 1. The van der Waals surface area contributed by atoms with Crippen molar-refractivity contribution in [2.45, 2.75) is 32.7 Å². The van der Waals surface area contributed by atoms with Crippen molar-refractivity contribution in [1.82, 2.24) is 9.80 Å². The van der Waals surface area contributed by atoms with Gasteiger partial charge in [0.1, 0.15) is 6.26 Å². The molecule has 1 aromatic heterocycles. The van der Waals surface area contributed by atoms with Crippen molar-refractivity contribution in [3.8, 4) is 0 Å². The van der Waals surface area contributed by atoms with Crippen LogP contribution in [0.3, 0.4) is 0 Å². The summed E-state index contributed by atoms with van der Waals surface area (Å²) >= 11 is 0. The Morgan fingerprint density at radius 1 is 1.28 bits per heavy atom. The van der Waals surface area contributed by atoms with E-state index in [1.807, 2.05) is 7.05 Å². The zero-order valence-electron chi connectivity index (χ0n) is 12.1. The molecule has 0 fully saturated rings. The average molecular weight is 252 g/mol. The molecule has 0 saturated heterocycles. The van der Waals surface area contributed by atoms with Gasteiger partial charge < -0.3 is 14.2 Å². The fourth-order valence-corrected chi connectivity index (χ4v) is 1.59. The molecule has 0 aliphatic carbocycles. The van der Waals surface area contributed by atoms with Crippen LogP contribution in [0.25, 0.3) is 0 Å². The summed E-state index contributed by atoms with van der Waals surface area (Å²) in [4.78, 5) is 16.0. The quantitative estimate of drug-likeness (QED) is 0.807. The monoisotopic (exact) mass is 252 g/mol. The van der Waals surface area contributed by atoms with Crippen LogP contribution in [-0.2, 0) is 0 Å². The van der Waals surface area contributed by atoms with Gasteiger partial charge in [-0.05, 0) is 40.3 Å². The highest BCUT2D eigenvalue weighted by atomic mass is 16.3. The molecule has 0 radical (unpaired) electrons. The van der Waals surface area contributed by atoms with Crippen molar-refractivity contribution in [2.24, 2.45) is 0 Å². The highest BCUT2D eigenvalue weighted by molar-refractivity contribution is 5.93. The molecule has 0 N–H and O–H groups in total. The van der Waals surface area contributed by atoms with E-state index in [0.717, 1.165) is 19.5 Å². The minimum atomic E-state index is 0.0159. The van der Waals surface area contributed by atoms with Gasteiger partial charge in [0, 0.05) is 25.7 Å². The fraction of sp³-hybridized carbons (Fsp3) is 0.643. The van der Waals surface area contributed by atoms with E-state index >= 15 is 0 Å². The summed E-state index contributed by atoms with van der Waals surface area (Å²) in [6, 6.07) is 1.69. The van der Waals surface area contributed by atoms with Crippen LogP contribution < -0.4 is 0 Å². The number of carbonyl (C=O) groups excluding carboxylic acids is 1. The van der Waals surface area contributed by atoms with Gasteiger partial charge in [0.15, 0.2) is 0 Å². The molecule has 1 aromatic rings. The van der Waals surface area contributed by atoms with E-state index in [1.54, 1.807) is 11.0 Å². The first-order valence-electron chi connectivity index (χ1n) is 6.31. The Bertz CT molecular complexity index is 366. The van der Waals surface area contributed by atoms with Gasteiger partial charge >= 0.3 is 0 Å². The first kappa shape index (κ1) is 14.8. The van der Waals surface area contributed by atoms with Gasteiger partial charge in [0.2, 0.25) is 0 Å². The molecule has 0 aromatic carbocycles. The molecule has 0 aliphatic heterocycles. The number of amides is 1. The average Bonchev–Trinajstić information content (AvgIpc) is 2.79. The maximum atomic E-state index is 11.9. The largest absolute Gasteiger partial charge is 0.472 e. The van der Waals surface area contributed by atoms with E-state index in [1.165, 1.54) is 12.5 Å². The Morgan fingerprint density at radius 3 is 2.44 bits per heavy atom. The standard InChI is InChI=1S/C14H24N2O2/c1-14(2,3)16(5)9-6-8-15(4)13(17)12-7-10-18-11-12/h7,10-11H,6,8-9H2,1-5H3. The minimum Gasteiger partial charge on any atom is -0.472 e. The third-order valence-electron chi connectivity index (χ3n) is 3.25. The molecule has 18 heavy (non-hydrogen) atoms. The number of hydrogen-bond acceptors (Lipinski definition) is 3. The second kappa shape index (κ2) is 6.05. The maximum absolute atomic E-state index is 11.9. The summed E-state index contributed by atoms with van der Waals surface area (Å²) in [5.74, 6) is 0.0159. The zero-order chi connectivity index (χ0) is 13.8. The van der Waals surface area contributed by atoms with Crippen LogP contribution in [0.2, 0.25) is 0 Å². The van der Waals surface area contributed by atoms with Crippen LogP contribution in [0, 0.1) is 0 Å². The molecular formula is C14H24N2O2. The lowest BCUT2D eigenvalue weighted by atomic mass is 10.1. The number of nitrogens with zero attached hydrogens (tertiary/aromatic N) is 2.